The van der Waals surface area contributed by atoms with Gasteiger partial charge in [0.1, 0.15) is 0 Å². The van der Waals surface area contributed by atoms with Gasteiger partial charge in [-0.05, 0) is 66.3 Å². The fourth-order valence-corrected chi connectivity index (χ4v) is 4.28. The third-order valence-electron chi connectivity index (χ3n) is 6.16. The Balaban J connectivity index is 1.77. The fraction of sp³-hybridized carbons (Fsp3) is 0.200. The van der Waals surface area contributed by atoms with Gasteiger partial charge in [-0.2, -0.15) is 0 Å². The molecule has 1 heterocycles. The smallest absolute Gasteiger partial charge is 0.338 e. The first kappa shape index (κ1) is 23.2. The molecule has 0 bridgehead atoms. The Hall–Kier alpha value is -3.92. The van der Waals surface area contributed by atoms with Crippen LogP contribution in [-0.2, 0) is 14.3 Å². The van der Waals surface area contributed by atoms with Crippen LogP contribution in [0.25, 0.3) is 5.57 Å². The van der Waals surface area contributed by atoms with Crippen LogP contribution in [0.4, 0.5) is 5.69 Å². The van der Waals surface area contributed by atoms with Crippen molar-refractivity contribution < 1.29 is 14.3 Å². The van der Waals surface area contributed by atoms with Crippen molar-refractivity contribution in [3.8, 4) is 0 Å². The van der Waals surface area contributed by atoms with Crippen LogP contribution in [0.15, 0.2) is 108 Å². The molecule has 0 aromatic heterocycles. The Morgan fingerprint density at radius 1 is 1.00 bits per heavy atom. The zero-order valence-electron chi connectivity index (χ0n) is 19.5. The summed E-state index contributed by atoms with van der Waals surface area (Å²) in [7, 11) is 0. The zero-order chi connectivity index (χ0) is 24.1. The monoisotopic (exact) mass is 451 g/mol. The first-order chi connectivity index (χ1) is 16.5. The summed E-state index contributed by atoms with van der Waals surface area (Å²) in [5.74, 6) is -0.857. The van der Waals surface area contributed by atoms with Gasteiger partial charge in [-0.1, -0.05) is 61.7 Å². The van der Waals surface area contributed by atoms with Crippen molar-refractivity contribution in [3.05, 3.63) is 119 Å². The highest BCUT2D eigenvalue weighted by atomic mass is 16.5. The van der Waals surface area contributed by atoms with E-state index in [0.717, 1.165) is 29.8 Å². The molecule has 172 valence electrons. The minimum absolute atomic E-state index is 0.206. The number of rotatable bonds is 6. The molecule has 4 nitrogen and oxygen atoms in total. The highest BCUT2D eigenvalue weighted by molar-refractivity contribution is 6.21. The molecule has 2 aliphatic rings. The summed E-state index contributed by atoms with van der Waals surface area (Å²) in [6.07, 6.45) is 7.62. The predicted molar refractivity (Wildman–Crippen MR) is 137 cm³/mol. The number of nitrogens with zero attached hydrogens (tertiary/aromatic N) is 1. The largest absolute Gasteiger partial charge is 0.462 e. The molecule has 0 unspecified atom stereocenters. The van der Waals surface area contributed by atoms with Gasteiger partial charge in [0.15, 0.2) is 5.78 Å². The number of Topliss-reactive ketones (excluding diaryl/α,β-unsaturated/α-hetero) is 1. The van der Waals surface area contributed by atoms with E-state index in [-0.39, 0.29) is 29.1 Å². The lowest BCUT2D eigenvalue weighted by Crippen LogP contribution is -2.20. The number of anilines is 1. The van der Waals surface area contributed by atoms with Crippen LogP contribution < -0.4 is 4.90 Å². The Labute approximate surface area is 201 Å². The first-order valence-electron chi connectivity index (χ1n) is 11.6. The molecule has 1 aliphatic heterocycles. The molecule has 2 aromatic rings. The molecular weight excluding hydrogens is 422 g/mol. The van der Waals surface area contributed by atoms with Crippen molar-refractivity contribution in [3.63, 3.8) is 0 Å². The molecule has 1 aliphatic carbocycles. The third-order valence-corrected chi connectivity index (χ3v) is 6.16. The maximum atomic E-state index is 13.0. The van der Waals surface area contributed by atoms with Gasteiger partial charge in [0.25, 0.3) is 0 Å². The fourth-order valence-electron chi connectivity index (χ4n) is 4.28. The Morgan fingerprint density at radius 2 is 1.65 bits per heavy atom. The summed E-state index contributed by atoms with van der Waals surface area (Å²) in [5.41, 5.74) is 5.39. The lowest BCUT2D eigenvalue weighted by molar-refractivity contribution is -0.138. The summed E-state index contributed by atoms with van der Waals surface area (Å²) in [6, 6.07) is 18.5. The van der Waals surface area contributed by atoms with Gasteiger partial charge in [0, 0.05) is 29.9 Å². The standard InChI is InChI=1S/C30H29NO3/c1-4-34-30(33)28-20-21(2)22(3)29(32)27(28)17-16-26(23-10-6-5-7-11-23)24-12-14-25(15-13-24)31-18-8-9-19-31/h5-7,10-17,20H,2-4,8-9,18-19H2,1H3/b26-16+,27-17+. The van der Waals surface area contributed by atoms with E-state index in [1.165, 1.54) is 18.5 Å². The number of benzene rings is 2. The number of carbonyl (C=O) groups excluding carboxylic acids is 2. The van der Waals surface area contributed by atoms with E-state index in [9.17, 15) is 9.59 Å². The number of allylic oxidation sites excluding steroid dienone is 5. The van der Waals surface area contributed by atoms with Crippen molar-refractivity contribution in [1.29, 1.82) is 0 Å². The molecule has 0 amide bonds. The Morgan fingerprint density at radius 3 is 2.29 bits per heavy atom. The second-order valence-corrected chi connectivity index (χ2v) is 8.38. The van der Waals surface area contributed by atoms with Gasteiger partial charge in [-0.3, -0.25) is 4.79 Å². The number of esters is 1. The van der Waals surface area contributed by atoms with Gasteiger partial charge in [-0.15, -0.1) is 0 Å². The van der Waals surface area contributed by atoms with Crippen LogP contribution in [0.2, 0.25) is 0 Å². The highest BCUT2D eigenvalue weighted by Crippen LogP contribution is 2.31. The topological polar surface area (TPSA) is 46.6 Å². The van der Waals surface area contributed by atoms with Crippen LogP contribution in [0.3, 0.4) is 0 Å². The lowest BCUT2D eigenvalue weighted by atomic mass is 9.85. The third kappa shape index (κ3) is 4.86. The van der Waals surface area contributed by atoms with Crippen LogP contribution >= 0.6 is 0 Å². The molecule has 0 spiro atoms. The van der Waals surface area contributed by atoms with Crippen molar-refractivity contribution in [2.24, 2.45) is 0 Å². The maximum Gasteiger partial charge on any atom is 0.338 e. The van der Waals surface area contributed by atoms with Crippen molar-refractivity contribution in [1.82, 2.24) is 0 Å². The molecule has 4 heteroatoms. The molecule has 0 radical (unpaired) electrons. The lowest BCUT2D eigenvalue weighted by Gasteiger charge is -2.19. The van der Waals surface area contributed by atoms with E-state index in [0.29, 0.717) is 5.57 Å². The quantitative estimate of drug-likeness (QED) is 0.410. The van der Waals surface area contributed by atoms with Crippen LogP contribution in [0.5, 0.6) is 0 Å². The second-order valence-electron chi connectivity index (χ2n) is 8.38. The molecule has 0 atom stereocenters. The van der Waals surface area contributed by atoms with Crippen molar-refractivity contribution in [2.45, 2.75) is 19.8 Å². The molecule has 2 aromatic carbocycles. The van der Waals surface area contributed by atoms with E-state index in [2.05, 4.69) is 42.3 Å². The summed E-state index contributed by atoms with van der Waals surface area (Å²) in [4.78, 5) is 28.0. The Kier molecular flexibility index (Phi) is 7.07. The molecule has 34 heavy (non-hydrogen) atoms. The second kappa shape index (κ2) is 10.3. The highest BCUT2D eigenvalue weighted by Gasteiger charge is 2.28. The van der Waals surface area contributed by atoms with Gasteiger partial charge in [-0.25, -0.2) is 4.79 Å². The van der Waals surface area contributed by atoms with Gasteiger partial charge in [0.05, 0.1) is 12.2 Å². The molecule has 0 saturated carbocycles. The van der Waals surface area contributed by atoms with Gasteiger partial charge >= 0.3 is 5.97 Å². The van der Waals surface area contributed by atoms with Crippen molar-refractivity contribution in [2.75, 3.05) is 24.6 Å². The maximum absolute atomic E-state index is 13.0. The molecular formula is C30H29NO3. The van der Waals surface area contributed by atoms with E-state index in [1.54, 1.807) is 19.1 Å². The van der Waals surface area contributed by atoms with Crippen LogP contribution in [-0.4, -0.2) is 31.4 Å². The number of hydrogen-bond acceptors (Lipinski definition) is 4. The molecule has 4 rings (SSSR count). The van der Waals surface area contributed by atoms with E-state index >= 15 is 0 Å². The van der Waals surface area contributed by atoms with Crippen molar-refractivity contribution >= 4 is 23.0 Å². The summed E-state index contributed by atoms with van der Waals surface area (Å²) in [6.45, 7) is 11.8. The predicted octanol–water partition coefficient (Wildman–Crippen LogP) is 5.83. The first-order valence-corrected chi connectivity index (χ1v) is 11.6. The van der Waals surface area contributed by atoms with Crippen LogP contribution in [0, 0.1) is 0 Å². The number of ketones is 1. The number of ether oxygens (including phenoxy) is 1. The minimum Gasteiger partial charge on any atom is -0.462 e. The Bertz CT molecular complexity index is 1210. The minimum atomic E-state index is -0.541. The zero-order valence-corrected chi connectivity index (χ0v) is 19.5. The van der Waals surface area contributed by atoms with E-state index in [1.807, 2.05) is 36.4 Å². The van der Waals surface area contributed by atoms with Crippen LogP contribution in [0.1, 0.15) is 30.9 Å². The molecule has 1 saturated heterocycles. The van der Waals surface area contributed by atoms with E-state index < -0.39 is 5.97 Å². The van der Waals surface area contributed by atoms with Gasteiger partial charge < -0.3 is 9.64 Å². The average Bonchev–Trinajstić information content (AvgIpc) is 3.40. The molecule has 0 N–H and O–H groups in total. The summed E-state index contributed by atoms with van der Waals surface area (Å²) < 4.78 is 5.19. The number of hydrogen-bond donors (Lipinski definition) is 0. The molecule has 1 fully saturated rings. The van der Waals surface area contributed by atoms with Gasteiger partial charge in [0.2, 0.25) is 0 Å². The SMILES string of the molecule is C=C1C=C(C(=O)OCC)/C(=C\C=C(/c2ccccc2)c2ccc(N3CCCC3)cc2)C(=O)C1=C. The average molecular weight is 452 g/mol. The van der Waals surface area contributed by atoms with E-state index in [4.69, 9.17) is 4.74 Å². The summed E-state index contributed by atoms with van der Waals surface area (Å²) >= 11 is 0. The number of carbonyl (C=O) groups is 2. The normalized spacial score (nSPS) is 17.9. The summed E-state index contributed by atoms with van der Waals surface area (Å²) in [5, 5.41) is 0.